The molecule has 0 atom stereocenters. The molecule has 5 aromatic rings. The van der Waals surface area contributed by atoms with Gasteiger partial charge in [-0.2, -0.15) is 18.3 Å². The van der Waals surface area contributed by atoms with Crippen LogP contribution in [0.5, 0.6) is 0 Å². The zero-order chi connectivity index (χ0) is 28.3. The summed E-state index contributed by atoms with van der Waals surface area (Å²) in [5, 5.41) is 15.5. The Bertz CT molecular complexity index is 1650. The first-order chi connectivity index (χ1) is 19.2. The molecule has 0 aliphatic carbocycles. The standard InChI is InChI=1S/C27H22F4N8O/c1-2-32-24-22-25(39-38-24)35-14-21(37-22)16-5-3-15(4-6-16)12-33-23-20(11-17(13-34-23)27(29,30)31)26(40)36-19-9-7-18(28)8-10-19/h3-11,13-14H,2,12H2,1H3,(H,33,34)(H,36,40)(H2,32,35,38,39). The van der Waals surface area contributed by atoms with Gasteiger partial charge in [-0.25, -0.2) is 19.3 Å². The van der Waals surface area contributed by atoms with Gasteiger partial charge in [0, 0.05) is 30.5 Å². The van der Waals surface area contributed by atoms with Crippen LogP contribution in [0.2, 0.25) is 0 Å². The molecule has 3 heterocycles. The van der Waals surface area contributed by atoms with Gasteiger partial charge >= 0.3 is 6.18 Å². The van der Waals surface area contributed by atoms with Crippen LogP contribution < -0.4 is 16.0 Å². The van der Waals surface area contributed by atoms with Gasteiger partial charge in [-0.3, -0.25) is 9.89 Å². The van der Waals surface area contributed by atoms with Crippen LogP contribution in [-0.2, 0) is 12.7 Å². The number of anilines is 3. The Kier molecular flexibility index (Phi) is 7.27. The molecular formula is C27H22F4N8O. The molecule has 1 amide bonds. The van der Waals surface area contributed by atoms with Crippen LogP contribution in [0.25, 0.3) is 22.4 Å². The summed E-state index contributed by atoms with van der Waals surface area (Å²) >= 11 is 0. The molecule has 2 aromatic carbocycles. The minimum atomic E-state index is -4.69. The van der Waals surface area contributed by atoms with Gasteiger partial charge in [0.2, 0.25) is 0 Å². The molecule has 0 aliphatic heterocycles. The average molecular weight is 551 g/mol. The number of pyridine rings is 1. The Morgan fingerprint density at radius 2 is 1.70 bits per heavy atom. The summed E-state index contributed by atoms with van der Waals surface area (Å²) in [5.41, 5.74) is 2.23. The zero-order valence-corrected chi connectivity index (χ0v) is 21.0. The zero-order valence-electron chi connectivity index (χ0n) is 21.0. The summed E-state index contributed by atoms with van der Waals surface area (Å²) < 4.78 is 53.2. The molecule has 0 bridgehead atoms. The number of halogens is 4. The maximum atomic E-state index is 13.3. The van der Waals surface area contributed by atoms with E-state index in [1.165, 1.54) is 12.1 Å². The number of benzene rings is 2. The number of amides is 1. The third kappa shape index (κ3) is 5.82. The van der Waals surface area contributed by atoms with E-state index in [0.29, 0.717) is 35.4 Å². The summed E-state index contributed by atoms with van der Waals surface area (Å²) in [6.45, 7) is 2.80. The van der Waals surface area contributed by atoms with Crippen molar-refractivity contribution in [3.63, 3.8) is 0 Å². The van der Waals surface area contributed by atoms with Crippen molar-refractivity contribution in [1.82, 2.24) is 25.1 Å². The number of rotatable bonds is 8. The number of aromatic amines is 1. The molecule has 13 heteroatoms. The van der Waals surface area contributed by atoms with Crippen LogP contribution >= 0.6 is 0 Å². The van der Waals surface area contributed by atoms with E-state index < -0.39 is 23.5 Å². The van der Waals surface area contributed by atoms with E-state index in [1.807, 2.05) is 31.2 Å². The first-order valence-electron chi connectivity index (χ1n) is 12.1. The molecule has 0 saturated heterocycles. The van der Waals surface area contributed by atoms with E-state index in [2.05, 4.69) is 41.1 Å². The lowest BCUT2D eigenvalue weighted by molar-refractivity contribution is -0.137. The number of carbonyl (C=O) groups excluding carboxylic acids is 1. The van der Waals surface area contributed by atoms with Crippen molar-refractivity contribution in [2.75, 3.05) is 22.5 Å². The monoisotopic (exact) mass is 550 g/mol. The smallest absolute Gasteiger partial charge is 0.367 e. The predicted octanol–water partition coefficient (Wildman–Crippen LogP) is 5.87. The first kappa shape index (κ1) is 26.5. The van der Waals surface area contributed by atoms with Crippen molar-refractivity contribution < 1.29 is 22.4 Å². The van der Waals surface area contributed by atoms with Crippen LogP contribution in [0.3, 0.4) is 0 Å². The van der Waals surface area contributed by atoms with Gasteiger partial charge in [-0.05, 0) is 42.8 Å². The molecule has 3 aromatic heterocycles. The van der Waals surface area contributed by atoms with E-state index in [9.17, 15) is 22.4 Å². The molecule has 40 heavy (non-hydrogen) atoms. The van der Waals surface area contributed by atoms with E-state index in [1.54, 1.807) is 6.20 Å². The second-order valence-electron chi connectivity index (χ2n) is 8.68. The lowest BCUT2D eigenvalue weighted by Gasteiger charge is -2.14. The molecule has 5 rings (SSSR count). The highest BCUT2D eigenvalue weighted by atomic mass is 19.4. The molecule has 0 radical (unpaired) electrons. The molecule has 0 aliphatic rings. The van der Waals surface area contributed by atoms with Crippen LogP contribution in [0.1, 0.15) is 28.4 Å². The fraction of sp³-hybridized carbons (Fsp3) is 0.148. The van der Waals surface area contributed by atoms with Gasteiger partial charge in [-0.1, -0.05) is 24.3 Å². The molecule has 4 N–H and O–H groups in total. The van der Waals surface area contributed by atoms with Crippen molar-refractivity contribution in [2.24, 2.45) is 0 Å². The van der Waals surface area contributed by atoms with Crippen LogP contribution in [0.4, 0.5) is 34.9 Å². The Balaban J connectivity index is 1.34. The first-order valence-corrected chi connectivity index (χ1v) is 12.1. The Morgan fingerprint density at radius 1 is 0.950 bits per heavy atom. The lowest BCUT2D eigenvalue weighted by Crippen LogP contribution is -2.18. The van der Waals surface area contributed by atoms with Crippen LogP contribution in [-0.4, -0.2) is 37.6 Å². The topological polar surface area (TPSA) is 121 Å². The number of carbonyl (C=O) groups is 1. The van der Waals surface area contributed by atoms with E-state index in [0.717, 1.165) is 29.3 Å². The molecule has 0 fully saturated rings. The quantitative estimate of drug-likeness (QED) is 0.178. The average Bonchev–Trinajstić information content (AvgIpc) is 3.35. The van der Waals surface area contributed by atoms with E-state index in [-0.39, 0.29) is 23.6 Å². The third-order valence-electron chi connectivity index (χ3n) is 5.89. The van der Waals surface area contributed by atoms with Crippen molar-refractivity contribution in [1.29, 1.82) is 0 Å². The molecule has 0 saturated carbocycles. The molecule has 204 valence electrons. The Labute approximate surface area is 225 Å². The number of nitrogens with zero attached hydrogens (tertiary/aromatic N) is 4. The number of aromatic nitrogens is 5. The second kappa shape index (κ2) is 11.0. The molecule has 0 unspecified atom stereocenters. The highest BCUT2D eigenvalue weighted by molar-refractivity contribution is 6.07. The fourth-order valence-corrected chi connectivity index (χ4v) is 3.87. The van der Waals surface area contributed by atoms with Crippen LogP contribution in [0, 0.1) is 5.82 Å². The normalized spacial score (nSPS) is 11.4. The van der Waals surface area contributed by atoms with Crippen molar-refractivity contribution >= 4 is 34.4 Å². The highest BCUT2D eigenvalue weighted by Gasteiger charge is 2.32. The number of H-pyrrole nitrogens is 1. The summed E-state index contributed by atoms with van der Waals surface area (Å²) in [5.74, 6) is -0.771. The third-order valence-corrected chi connectivity index (χ3v) is 5.89. The minimum Gasteiger partial charge on any atom is -0.367 e. The van der Waals surface area contributed by atoms with Crippen molar-refractivity contribution in [3.05, 3.63) is 89.5 Å². The van der Waals surface area contributed by atoms with Gasteiger partial charge in [-0.15, -0.1) is 0 Å². The summed E-state index contributed by atoms with van der Waals surface area (Å²) in [6, 6.07) is 12.9. The number of nitrogens with one attached hydrogen (secondary N) is 4. The highest BCUT2D eigenvalue weighted by Crippen LogP contribution is 2.31. The number of hydrogen-bond acceptors (Lipinski definition) is 7. The van der Waals surface area contributed by atoms with Crippen LogP contribution in [0.15, 0.2) is 67.0 Å². The maximum Gasteiger partial charge on any atom is 0.417 e. The van der Waals surface area contributed by atoms with E-state index >= 15 is 0 Å². The number of hydrogen-bond donors (Lipinski definition) is 4. The molecular weight excluding hydrogens is 528 g/mol. The minimum absolute atomic E-state index is 0.0380. The number of fused-ring (bicyclic) bond motifs is 1. The van der Waals surface area contributed by atoms with Gasteiger partial charge in [0.1, 0.15) is 11.6 Å². The summed E-state index contributed by atoms with van der Waals surface area (Å²) in [4.78, 5) is 25.7. The van der Waals surface area contributed by atoms with Crippen molar-refractivity contribution in [3.8, 4) is 11.3 Å². The Morgan fingerprint density at radius 3 is 2.40 bits per heavy atom. The SMILES string of the molecule is CCNc1n[nH]c2ncc(-c3ccc(CNc4ncc(C(F)(F)F)cc4C(=O)Nc4ccc(F)cc4)cc3)nc12. The number of alkyl halides is 3. The van der Waals surface area contributed by atoms with E-state index in [4.69, 9.17) is 0 Å². The molecule has 0 spiro atoms. The van der Waals surface area contributed by atoms with Crippen molar-refractivity contribution in [2.45, 2.75) is 19.6 Å². The Hall–Kier alpha value is -5.07. The molecule has 9 nitrogen and oxygen atoms in total. The maximum absolute atomic E-state index is 13.3. The summed E-state index contributed by atoms with van der Waals surface area (Å²) in [6.07, 6.45) is -2.41. The lowest BCUT2D eigenvalue weighted by atomic mass is 10.1. The second-order valence-corrected chi connectivity index (χ2v) is 8.68. The van der Waals surface area contributed by atoms with Gasteiger partial charge < -0.3 is 16.0 Å². The predicted molar refractivity (Wildman–Crippen MR) is 142 cm³/mol. The van der Waals surface area contributed by atoms with Gasteiger partial charge in [0.25, 0.3) is 5.91 Å². The fourth-order valence-electron chi connectivity index (χ4n) is 3.87. The van der Waals surface area contributed by atoms with Gasteiger partial charge in [0.05, 0.1) is 23.0 Å². The largest absolute Gasteiger partial charge is 0.417 e. The summed E-state index contributed by atoms with van der Waals surface area (Å²) in [7, 11) is 0. The van der Waals surface area contributed by atoms with Gasteiger partial charge in [0.15, 0.2) is 17.0 Å².